The summed E-state index contributed by atoms with van der Waals surface area (Å²) < 4.78 is 17.1. The molecular formula is C26H25NO5. The van der Waals surface area contributed by atoms with Gasteiger partial charge in [-0.2, -0.15) is 0 Å². The van der Waals surface area contributed by atoms with Gasteiger partial charge in [-0.3, -0.25) is 4.79 Å². The highest BCUT2D eigenvalue weighted by atomic mass is 16.5. The van der Waals surface area contributed by atoms with E-state index in [0.717, 1.165) is 52.7 Å². The number of carbonyl (C=O) groups excluding carboxylic acids is 1. The van der Waals surface area contributed by atoms with Crippen molar-refractivity contribution in [2.24, 2.45) is 0 Å². The molecule has 0 aliphatic carbocycles. The van der Waals surface area contributed by atoms with E-state index >= 15 is 0 Å². The van der Waals surface area contributed by atoms with Gasteiger partial charge in [0, 0.05) is 35.6 Å². The first-order chi connectivity index (χ1) is 15.5. The van der Waals surface area contributed by atoms with Crippen molar-refractivity contribution in [2.75, 3.05) is 13.2 Å². The molecule has 164 valence electrons. The summed E-state index contributed by atoms with van der Waals surface area (Å²) in [5.41, 5.74) is 3.84. The number of ether oxygens (including phenoxy) is 1. The standard InChI is InChI=1S/C26H25NO5/c1-15-19-11-21-23(31-16(2)25(21)17-7-4-3-5-8-17)13-22(19)32-26(29)20(15)12-24(28)27-14-18-9-6-10-30-18/h3-5,7-8,11,13,18H,6,9-10,12,14H2,1-2H3,(H,27,28)/t18-/m1/s1. The van der Waals surface area contributed by atoms with Crippen LogP contribution in [0.25, 0.3) is 33.1 Å². The number of nitrogens with one attached hydrogen (secondary N) is 1. The van der Waals surface area contributed by atoms with Gasteiger partial charge < -0.3 is 18.9 Å². The summed E-state index contributed by atoms with van der Waals surface area (Å²) in [5, 5.41) is 4.63. The summed E-state index contributed by atoms with van der Waals surface area (Å²) in [6, 6.07) is 13.8. The highest BCUT2D eigenvalue weighted by Crippen LogP contribution is 2.37. The van der Waals surface area contributed by atoms with Gasteiger partial charge in [0.15, 0.2) is 0 Å². The van der Waals surface area contributed by atoms with Crippen LogP contribution in [0.3, 0.4) is 0 Å². The molecule has 1 atom stereocenters. The predicted octanol–water partition coefficient (Wildman–Crippen LogP) is 4.66. The Kier molecular flexibility index (Phi) is 5.31. The molecule has 0 saturated carbocycles. The van der Waals surface area contributed by atoms with E-state index < -0.39 is 5.63 Å². The first-order valence-electron chi connectivity index (χ1n) is 10.9. The minimum Gasteiger partial charge on any atom is -0.461 e. The number of carbonyl (C=O) groups is 1. The Balaban J connectivity index is 1.53. The van der Waals surface area contributed by atoms with E-state index in [9.17, 15) is 9.59 Å². The van der Waals surface area contributed by atoms with Crippen molar-refractivity contribution in [3.63, 3.8) is 0 Å². The quantitative estimate of drug-likeness (QED) is 0.465. The SMILES string of the molecule is Cc1oc2cc3oc(=O)c(CC(=O)NC[C@H]4CCCO4)c(C)c3cc2c1-c1ccccc1. The number of hydrogen-bond acceptors (Lipinski definition) is 5. The summed E-state index contributed by atoms with van der Waals surface area (Å²) in [7, 11) is 0. The Labute approximate surface area is 185 Å². The van der Waals surface area contributed by atoms with Gasteiger partial charge in [0.2, 0.25) is 5.91 Å². The Morgan fingerprint density at radius 1 is 1.06 bits per heavy atom. The fraction of sp³-hybridized carbons (Fsp3) is 0.308. The highest BCUT2D eigenvalue weighted by Gasteiger charge is 2.20. The van der Waals surface area contributed by atoms with Gasteiger partial charge in [0.1, 0.15) is 16.9 Å². The lowest BCUT2D eigenvalue weighted by atomic mass is 9.98. The van der Waals surface area contributed by atoms with Crippen molar-refractivity contribution in [3.8, 4) is 11.1 Å². The normalized spacial score (nSPS) is 16.1. The third-order valence-corrected chi connectivity index (χ3v) is 6.22. The summed E-state index contributed by atoms with van der Waals surface area (Å²) in [6.07, 6.45) is 1.99. The molecule has 2 aromatic carbocycles. The van der Waals surface area contributed by atoms with Crippen LogP contribution < -0.4 is 10.9 Å². The van der Waals surface area contributed by atoms with Crippen molar-refractivity contribution in [2.45, 2.75) is 39.2 Å². The second-order valence-electron chi connectivity index (χ2n) is 8.35. The van der Waals surface area contributed by atoms with E-state index in [4.69, 9.17) is 13.6 Å². The van der Waals surface area contributed by atoms with E-state index in [0.29, 0.717) is 23.3 Å². The van der Waals surface area contributed by atoms with Crippen LogP contribution in [-0.2, 0) is 16.0 Å². The molecule has 1 aliphatic heterocycles. The molecule has 4 aromatic rings. The summed E-state index contributed by atoms with van der Waals surface area (Å²) in [5.74, 6) is 0.593. The van der Waals surface area contributed by atoms with E-state index in [2.05, 4.69) is 5.32 Å². The maximum Gasteiger partial charge on any atom is 0.340 e. The summed E-state index contributed by atoms with van der Waals surface area (Å²) in [4.78, 5) is 25.2. The maximum atomic E-state index is 12.7. The molecule has 1 aliphatic rings. The van der Waals surface area contributed by atoms with E-state index in [1.165, 1.54) is 0 Å². The number of benzene rings is 2. The van der Waals surface area contributed by atoms with Gasteiger partial charge >= 0.3 is 5.63 Å². The predicted molar refractivity (Wildman–Crippen MR) is 123 cm³/mol. The molecule has 1 saturated heterocycles. The zero-order valence-corrected chi connectivity index (χ0v) is 18.2. The molecule has 0 spiro atoms. The minimum absolute atomic E-state index is 0.0230. The lowest BCUT2D eigenvalue weighted by Crippen LogP contribution is -2.34. The van der Waals surface area contributed by atoms with Crippen LogP contribution in [-0.4, -0.2) is 25.2 Å². The minimum atomic E-state index is -0.492. The molecule has 0 unspecified atom stereocenters. The van der Waals surface area contributed by atoms with Crippen molar-refractivity contribution >= 4 is 27.8 Å². The number of fused-ring (bicyclic) bond motifs is 2. The molecule has 0 bridgehead atoms. The first-order valence-corrected chi connectivity index (χ1v) is 10.9. The zero-order valence-electron chi connectivity index (χ0n) is 18.2. The Morgan fingerprint density at radius 3 is 2.59 bits per heavy atom. The second kappa shape index (κ2) is 8.28. The van der Waals surface area contributed by atoms with Crippen LogP contribution in [0.15, 0.2) is 56.1 Å². The summed E-state index contributed by atoms with van der Waals surface area (Å²) in [6.45, 7) is 5.00. The van der Waals surface area contributed by atoms with Gasteiger partial charge in [-0.1, -0.05) is 30.3 Å². The van der Waals surface area contributed by atoms with Gasteiger partial charge in [-0.15, -0.1) is 0 Å². The maximum absolute atomic E-state index is 12.7. The lowest BCUT2D eigenvalue weighted by Gasteiger charge is -2.12. The van der Waals surface area contributed by atoms with Crippen LogP contribution in [0.2, 0.25) is 0 Å². The molecule has 3 heterocycles. The smallest absolute Gasteiger partial charge is 0.340 e. The van der Waals surface area contributed by atoms with Crippen LogP contribution in [0.5, 0.6) is 0 Å². The molecule has 1 amide bonds. The fourth-order valence-corrected chi connectivity index (χ4v) is 4.53. The van der Waals surface area contributed by atoms with Crippen LogP contribution >= 0.6 is 0 Å². The Morgan fingerprint density at radius 2 is 1.84 bits per heavy atom. The second-order valence-corrected chi connectivity index (χ2v) is 8.35. The first kappa shape index (κ1) is 20.5. The summed E-state index contributed by atoms with van der Waals surface area (Å²) >= 11 is 0. The highest BCUT2D eigenvalue weighted by molar-refractivity contribution is 6.03. The van der Waals surface area contributed by atoms with Crippen LogP contribution in [0.1, 0.15) is 29.7 Å². The van der Waals surface area contributed by atoms with E-state index in [-0.39, 0.29) is 18.4 Å². The number of rotatable bonds is 5. The molecule has 1 N–H and O–H groups in total. The molecule has 1 fully saturated rings. The molecule has 0 radical (unpaired) electrons. The van der Waals surface area contributed by atoms with Gasteiger partial charge in [-0.05, 0) is 43.9 Å². The van der Waals surface area contributed by atoms with Crippen molar-refractivity contribution in [3.05, 3.63) is 69.8 Å². The topological polar surface area (TPSA) is 81.7 Å². The number of hydrogen-bond donors (Lipinski definition) is 1. The van der Waals surface area contributed by atoms with Crippen molar-refractivity contribution in [1.82, 2.24) is 5.32 Å². The third-order valence-electron chi connectivity index (χ3n) is 6.22. The molecule has 5 rings (SSSR count). The largest absolute Gasteiger partial charge is 0.461 e. The molecule has 6 heteroatoms. The van der Waals surface area contributed by atoms with Gasteiger partial charge in [-0.25, -0.2) is 4.79 Å². The third kappa shape index (κ3) is 3.71. The molecule has 32 heavy (non-hydrogen) atoms. The van der Waals surface area contributed by atoms with Crippen LogP contribution in [0.4, 0.5) is 0 Å². The number of furan rings is 1. The average Bonchev–Trinajstić information content (AvgIpc) is 3.41. The van der Waals surface area contributed by atoms with Crippen molar-refractivity contribution in [1.29, 1.82) is 0 Å². The Hall–Kier alpha value is -3.38. The molecule has 2 aromatic heterocycles. The van der Waals surface area contributed by atoms with E-state index in [1.54, 1.807) is 6.07 Å². The number of aryl methyl sites for hydroxylation is 2. The van der Waals surface area contributed by atoms with Crippen molar-refractivity contribution < 1.29 is 18.4 Å². The van der Waals surface area contributed by atoms with Crippen LogP contribution in [0, 0.1) is 13.8 Å². The number of amides is 1. The molecular weight excluding hydrogens is 406 g/mol. The fourth-order valence-electron chi connectivity index (χ4n) is 4.53. The van der Waals surface area contributed by atoms with E-state index in [1.807, 2.05) is 50.2 Å². The Bertz CT molecular complexity index is 1360. The van der Waals surface area contributed by atoms with Gasteiger partial charge in [0.25, 0.3) is 0 Å². The monoisotopic (exact) mass is 431 g/mol. The van der Waals surface area contributed by atoms with Gasteiger partial charge in [0.05, 0.1) is 18.1 Å². The zero-order chi connectivity index (χ0) is 22.2. The average molecular weight is 431 g/mol. The lowest BCUT2D eigenvalue weighted by molar-refractivity contribution is -0.121. The molecule has 6 nitrogen and oxygen atoms in total.